The molecule has 102 valence electrons. The lowest BCUT2D eigenvalue weighted by Crippen LogP contribution is -2.29. The smallest absolute Gasteiger partial charge is 0.273 e. The van der Waals surface area contributed by atoms with Gasteiger partial charge in [0.1, 0.15) is 0 Å². The number of nitro benzene ring substituents is 1. The SMILES string of the molecule is CCc1ccc(C(=O)N2CC[C@H](O)C2)cc1[N+](=O)[O-]. The zero-order chi connectivity index (χ0) is 14.0. The van der Waals surface area contributed by atoms with Crippen molar-refractivity contribution in [3.05, 3.63) is 39.4 Å². The van der Waals surface area contributed by atoms with Crippen molar-refractivity contribution in [3.8, 4) is 0 Å². The van der Waals surface area contributed by atoms with Crippen LogP contribution in [0.25, 0.3) is 0 Å². The third-order valence-corrected chi connectivity index (χ3v) is 3.36. The number of benzene rings is 1. The maximum atomic E-state index is 12.2. The van der Waals surface area contributed by atoms with Crippen LogP contribution < -0.4 is 0 Å². The van der Waals surface area contributed by atoms with Crippen molar-refractivity contribution in [2.24, 2.45) is 0 Å². The minimum absolute atomic E-state index is 0.0203. The van der Waals surface area contributed by atoms with E-state index in [4.69, 9.17) is 0 Å². The van der Waals surface area contributed by atoms with E-state index in [1.807, 2.05) is 6.92 Å². The van der Waals surface area contributed by atoms with Gasteiger partial charge in [0.25, 0.3) is 11.6 Å². The molecule has 0 aromatic heterocycles. The molecule has 1 aromatic rings. The molecule has 19 heavy (non-hydrogen) atoms. The van der Waals surface area contributed by atoms with Crippen molar-refractivity contribution >= 4 is 11.6 Å². The third-order valence-electron chi connectivity index (χ3n) is 3.36. The van der Waals surface area contributed by atoms with Gasteiger partial charge in [0.05, 0.1) is 11.0 Å². The lowest BCUT2D eigenvalue weighted by atomic mass is 10.1. The van der Waals surface area contributed by atoms with Crippen molar-refractivity contribution in [2.75, 3.05) is 13.1 Å². The summed E-state index contributed by atoms with van der Waals surface area (Å²) < 4.78 is 0. The Bertz CT molecular complexity index is 515. The molecule has 1 aliphatic rings. The van der Waals surface area contributed by atoms with Gasteiger partial charge in [-0.1, -0.05) is 13.0 Å². The highest BCUT2D eigenvalue weighted by Gasteiger charge is 2.26. The summed E-state index contributed by atoms with van der Waals surface area (Å²) in [5, 5.41) is 20.4. The van der Waals surface area contributed by atoms with E-state index in [1.54, 1.807) is 12.1 Å². The van der Waals surface area contributed by atoms with Crippen LogP contribution in [0, 0.1) is 10.1 Å². The van der Waals surface area contributed by atoms with Crippen LogP contribution in [0.2, 0.25) is 0 Å². The molecule has 6 heteroatoms. The molecule has 1 heterocycles. The molecule has 1 aromatic carbocycles. The molecule has 6 nitrogen and oxygen atoms in total. The topological polar surface area (TPSA) is 83.7 Å². The maximum Gasteiger partial charge on any atom is 0.273 e. The number of β-amino-alcohol motifs (C(OH)–C–C–N with tert-alkyl or cyclic N) is 1. The monoisotopic (exact) mass is 264 g/mol. The van der Waals surface area contributed by atoms with Crippen molar-refractivity contribution in [2.45, 2.75) is 25.9 Å². The molecule has 0 unspecified atom stereocenters. The van der Waals surface area contributed by atoms with E-state index in [9.17, 15) is 20.0 Å². The summed E-state index contributed by atoms with van der Waals surface area (Å²) in [6.07, 6.45) is 0.613. The third kappa shape index (κ3) is 2.73. The van der Waals surface area contributed by atoms with E-state index in [2.05, 4.69) is 0 Å². The number of aliphatic hydroxyl groups is 1. The molecule has 1 aliphatic heterocycles. The van der Waals surface area contributed by atoms with Crippen LogP contribution in [0.15, 0.2) is 18.2 Å². The highest BCUT2D eigenvalue weighted by Crippen LogP contribution is 2.22. The predicted molar refractivity (Wildman–Crippen MR) is 69.0 cm³/mol. The first-order valence-corrected chi connectivity index (χ1v) is 6.27. The van der Waals surface area contributed by atoms with E-state index in [0.717, 1.165) is 0 Å². The average molecular weight is 264 g/mol. The largest absolute Gasteiger partial charge is 0.391 e. The zero-order valence-corrected chi connectivity index (χ0v) is 10.7. The van der Waals surface area contributed by atoms with Crippen molar-refractivity contribution in [1.82, 2.24) is 4.90 Å². The summed E-state index contributed by atoms with van der Waals surface area (Å²) in [4.78, 5) is 24.2. The Morgan fingerprint density at radius 3 is 2.84 bits per heavy atom. The standard InChI is InChI=1S/C13H16N2O4/c1-2-9-3-4-10(7-12(9)15(18)19)13(17)14-6-5-11(16)8-14/h3-4,7,11,16H,2,5-6,8H2,1H3/t11-/m0/s1. The number of rotatable bonds is 3. The Balaban J connectivity index is 2.28. The van der Waals surface area contributed by atoms with Gasteiger partial charge in [0, 0.05) is 30.3 Å². The number of hydrogen-bond donors (Lipinski definition) is 1. The van der Waals surface area contributed by atoms with Gasteiger partial charge in [-0.3, -0.25) is 14.9 Å². The van der Waals surface area contributed by atoms with Crippen molar-refractivity contribution < 1.29 is 14.8 Å². The molecule has 2 rings (SSSR count). The summed E-state index contributed by atoms with van der Waals surface area (Å²) in [6.45, 7) is 2.62. The van der Waals surface area contributed by atoms with Gasteiger partial charge >= 0.3 is 0 Å². The summed E-state index contributed by atoms with van der Waals surface area (Å²) >= 11 is 0. The number of nitro groups is 1. The number of amides is 1. The fourth-order valence-corrected chi connectivity index (χ4v) is 2.27. The highest BCUT2D eigenvalue weighted by molar-refractivity contribution is 5.95. The first-order chi connectivity index (χ1) is 9.02. The molecule has 0 aliphatic carbocycles. The lowest BCUT2D eigenvalue weighted by molar-refractivity contribution is -0.385. The molecule has 0 saturated carbocycles. The molecule has 1 fully saturated rings. The lowest BCUT2D eigenvalue weighted by Gasteiger charge is -2.15. The molecule has 1 saturated heterocycles. The molecular weight excluding hydrogens is 248 g/mol. The van der Waals surface area contributed by atoms with Crippen LogP contribution in [0.5, 0.6) is 0 Å². The second-order valence-corrected chi connectivity index (χ2v) is 4.65. The van der Waals surface area contributed by atoms with Gasteiger partial charge in [0.2, 0.25) is 0 Å². The number of hydrogen-bond acceptors (Lipinski definition) is 4. The van der Waals surface area contributed by atoms with E-state index in [0.29, 0.717) is 37.1 Å². The normalized spacial score (nSPS) is 18.6. The van der Waals surface area contributed by atoms with Crippen LogP contribution in [-0.4, -0.2) is 40.0 Å². The summed E-state index contributed by atoms with van der Waals surface area (Å²) in [5.74, 6) is -0.262. The Hall–Kier alpha value is -1.95. The fraction of sp³-hybridized carbons (Fsp3) is 0.462. The molecule has 0 bridgehead atoms. The first kappa shape index (κ1) is 13.5. The van der Waals surface area contributed by atoms with Crippen molar-refractivity contribution in [3.63, 3.8) is 0 Å². The molecule has 0 radical (unpaired) electrons. The molecule has 1 N–H and O–H groups in total. The van der Waals surface area contributed by atoms with Crippen molar-refractivity contribution in [1.29, 1.82) is 0 Å². The van der Waals surface area contributed by atoms with Gasteiger partial charge in [-0.25, -0.2) is 0 Å². The summed E-state index contributed by atoms with van der Waals surface area (Å²) in [6, 6.07) is 4.56. The number of carbonyl (C=O) groups is 1. The van der Waals surface area contributed by atoms with E-state index in [-0.39, 0.29) is 11.6 Å². The molecule has 0 spiro atoms. The first-order valence-electron chi connectivity index (χ1n) is 6.27. The number of aryl methyl sites for hydroxylation is 1. The Labute approximate surface area is 110 Å². The quantitative estimate of drug-likeness (QED) is 0.660. The van der Waals surface area contributed by atoms with E-state index < -0.39 is 11.0 Å². The molecular formula is C13H16N2O4. The number of carbonyl (C=O) groups excluding carboxylic acids is 1. The van der Waals surface area contributed by atoms with Crippen LogP contribution in [-0.2, 0) is 6.42 Å². The Morgan fingerprint density at radius 1 is 1.58 bits per heavy atom. The van der Waals surface area contributed by atoms with Gasteiger partial charge in [-0.15, -0.1) is 0 Å². The molecule has 1 atom stereocenters. The fourth-order valence-electron chi connectivity index (χ4n) is 2.27. The summed E-state index contributed by atoms with van der Waals surface area (Å²) in [5.41, 5.74) is 0.897. The summed E-state index contributed by atoms with van der Waals surface area (Å²) in [7, 11) is 0. The predicted octanol–water partition coefficient (Wildman–Crippen LogP) is 1.36. The van der Waals surface area contributed by atoms with Gasteiger partial charge in [-0.2, -0.15) is 0 Å². The van der Waals surface area contributed by atoms with Crippen LogP contribution >= 0.6 is 0 Å². The minimum atomic E-state index is -0.492. The second-order valence-electron chi connectivity index (χ2n) is 4.65. The van der Waals surface area contributed by atoms with Crippen LogP contribution in [0.3, 0.4) is 0 Å². The van der Waals surface area contributed by atoms with Gasteiger partial charge < -0.3 is 10.0 Å². The van der Waals surface area contributed by atoms with E-state index >= 15 is 0 Å². The number of nitrogens with zero attached hydrogens (tertiary/aromatic N) is 2. The molecule has 1 amide bonds. The minimum Gasteiger partial charge on any atom is -0.391 e. The Morgan fingerprint density at radius 2 is 2.32 bits per heavy atom. The second kappa shape index (κ2) is 5.36. The van der Waals surface area contributed by atoms with Gasteiger partial charge in [0.15, 0.2) is 0 Å². The Kier molecular flexibility index (Phi) is 3.80. The van der Waals surface area contributed by atoms with Crippen LogP contribution in [0.4, 0.5) is 5.69 Å². The number of aliphatic hydroxyl groups excluding tert-OH is 1. The van der Waals surface area contributed by atoms with E-state index in [1.165, 1.54) is 11.0 Å². The van der Waals surface area contributed by atoms with Crippen LogP contribution in [0.1, 0.15) is 29.3 Å². The average Bonchev–Trinajstić information content (AvgIpc) is 2.83. The zero-order valence-electron chi connectivity index (χ0n) is 10.7. The van der Waals surface area contributed by atoms with Gasteiger partial charge in [-0.05, 0) is 18.9 Å². The maximum absolute atomic E-state index is 12.2. The number of likely N-dealkylation sites (tertiary alicyclic amines) is 1. The highest BCUT2D eigenvalue weighted by atomic mass is 16.6.